The lowest BCUT2D eigenvalue weighted by molar-refractivity contribution is 0.445. The summed E-state index contributed by atoms with van der Waals surface area (Å²) in [6, 6.07) is 3.41. The molecule has 1 aromatic carbocycles. The number of nitrogens with zero attached hydrogens (tertiary/aromatic N) is 2. The number of benzene rings is 1. The molecule has 2 aromatic rings. The van der Waals surface area contributed by atoms with E-state index in [-0.39, 0.29) is 17.3 Å². The van der Waals surface area contributed by atoms with Gasteiger partial charge in [-0.15, -0.1) is 0 Å². The second-order valence-electron chi connectivity index (χ2n) is 3.37. The van der Waals surface area contributed by atoms with Crippen LogP contribution in [-0.4, -0.2) is 9.97 Å². The first-order valence-electron chi connectivity index (χ1n) is 4.67. The zero-order valence-corrected chi connectivity index (χ0v) is 9.18. The molecule has 0 saturated carbocycles. The minimum Gasteiger partial charge on any atom is -0.227 e. The maximum atomic E-state index is 12.9. The van der Waals surface area contributed by atoms with Gasteiger partial charge in [0.15, 0.2) is 17.5 Å². The van der Waals surface area contributed by atoms with Gasteiger partial charge in [-0.3, -0.25) is 0 Å². The summed E-state index contributed by atoms with van der Waals surface area (Å²) in [6.07, 6.45) is 1.58. The van der Waals surface area contributed by atoms with Gasteiger partial charge in [0.1, 0.15) is 0 Å². The summed E-state index contributed by atoms with van der Waals surface area (Å²) in [7, 11) is 0. The molecule has 0 aliphatic heterocycles. The molecule has 0 spiro atoms. The third kappa shape index (κ3) is 2.74. The van der Waals surface area contributed by atoms with Crippen molar-refractivity contribution in [3.63, 3.8) is 0 Å². The number of halogens is 4. The van der Waals surface area contributed by atoms with E-state index >= 15 is 0 Å². The van der Waals surface area contributed by atoms with Crippen LogP contribution in [0.3, 0.4) is 0 Å². The minimum atomic E-state index is -1.48. The summed E-state index contributed by atoms with van der Waals surface area (Å²) in [5.74, 6) is -3.92. The smallest absolute Gasteiger partial charge is 0.222 e. The quantitative estimate of drug-likeness (QED) is 0.611. The second kappa shape index (κ2) is 4.71. The van der Waals surface area contributed by atoms with E-state index in [4.69, 9.17) is 11.6 Å². The summed E-state index contributed by atoms with van der Waals surface area (Å²) in [5.41, 5.74) is 0.770. The Kier molecular flexibility index (Phi) is 3.28. The van der Waals surface area contributed by atoms with E-state index in [1.165, 1.54) is 6.20 Å². The molecule has 2 rings (SSSR count). The first-order valence-corrected chi connectivity index (χ1v) is 5.05. The van der Waals surface area contributed by atoms with Gasteiger partial charge in [-0.05, 0) is 35.4 Å². The largest absolute Gasteiger partial charge is 0.227 e. The van der Waals surface area contributed by atoms with Crippen LogP contribution < -0.4 is 0 Å². The third-order valence-corrected chi connectivity index (χ3v) is 2.29. The average Bonchev–Trinajstić information content (AvgIpc) is 2.26. The maximum Gasteiger partial charge on any atom is 0.222 e. The SMILES string of the molecule is Fc1cc(Cc2ccnc(Cl)n2)cc(F)c1F. The molecule has 6 heteroatoms. The van der Waals surface area contributed by atoms with Gasteiger partial charge in [0, 0.05) is 18.3 Å². The molecule has 0 saturated heterocycles. The Hall–Kier alpha value is -1.62. The highest BCUT2D eigenvalue weighted by atomic mass is 35.5. The summed E-state index contributed by atoms with van der Waals surface area (Å²) in [6.45, 7) is 0. The molecule has 0 aliphatic rings. The molecule has 0 aliphatic carbocycles. The fraction of sp³-hybridized carbons (Fsp3) is 0.0909. The highest BCUT2D eigenvalue weighted by molar-refractivity contribution is 6.28. The molecule has 0 N–H and O–H groups in total. The van der Waals surface area contributed by atoms with Gasteiger partial charge in [0.05, 0.1) is 0 Å². The monoisotopic (exact) mass is 258 g/mol. The predicted molar refractivity (Wildman–Crippen MR) is 56.2 cm³/mol. The van der Waals surface area contributed by atoms with Crippen molar-refractivity contribution < 1.29 is 13.2 Å². The lowest BCUT2D eigenvalue weighted by atomic mass is 10.1. The van der Waals surface area contributed by atoms with Crippen LogP contribution in [0, 0.1) is 17.5 Å². The van der Waals surface area contributed by atoms with Crippen molar-refractivity contribution in [1.82, 2.24) is 9.97 Å². The predicted octanol–water partition coefficient (Wildman–Crippen LogP) is 3.14. The van der Waals surface area contributed by atoms with Crippen LogP contribution in [0.1, 0.15) is 11.3 Å². The van der Waals surface area contributed by atoms with Crippen LogP contribution in [0.25, 0.3) is 0 Å². The molecular formula is C11H6ClF3N2. The zero-order chi connectivity index (χ0) is 12.4. The van der Waals surface area contributed by atoms with Crippen molar-refractivity contribution in [2.45, 2.75) is 6.42 Å². The molecular weight excluding hydrogens is 253 g/mol. The standard InChI is InChI=1S/C11H6ClF3N2/c12-11-16-2-1-7(17-11)3-6-4-8(13)10(15)9(14)5-6/h1-2,4-5H,3H2. The van der Waals surface area contributed by atoms with E-state index < -0.39 is 17.5 Å². The van der Waals surface area contributed by atoms with Crippen molar-refractivity contribution in [3.8, 4) is 0 Å². The van der Waals surface area contributed by atoms with Gasteiger partial charge in [-0.1, -0.05) is 0 Å². The van der Waals surface area contributed by atoms with Crippen LogP contribution in [0.15, 0.2) is 24.4 Å². The van der Waals surface area contributed by atoms with Crippen LogP contribution in [0.4, 0.5) is 13.2 Å². The molecule has 0 bridgehead atoms. The first kappa shape index (κ1) is 11.9. The Morgan fingerprint density at radius 2 is 1.76 bits per heavy atom. The Labute approximate surface area is 100 Å². The molecule has 88 valence electrons. The van der Waals surface area contributed by atoms with Crippen LogP contribution in [0.2, 0.25) is 5.28 Å². The average molecular weight is 259 g/mol. The Bertz CT molecular complexity index is 537. The van der Waals surface area contributed by atoms with Gasteiger partial charge in [-0.2, -0.15) is 0 Å². The Morgan fingerprint density at radius 3 is 2.35 bits per heavy atom. The van der Waals surface area contributed by atoms with Crippen molar-refractivity contribution in [1.29, 1.82) is 0 Å². The molecule has 0 fully saturated rings. The van der Waals surface area contributed by atoms with Gasteiger partial charge in [-0.25, -0.2) is 23.1 Å². The highest BCUT2D eigenvalue weighted by Gasteiger charge is 2.11. The van der Waals surface area contributed by atoms with Gasteiger partial charge in [0.2, 0.25) is 5.28 Å². The highest BCUT2D eigenvalue weighted by Crippen LogP contribution is 2.16. The van der Waals surface area contributed by atoms with E-state index in [0.717, 1.165) is 12.1 Å². The normalized spacial score (nSPS) is 10.6. The van der Waals surface area contributed by atoms with E-state index in [2.05, 4.69) is 9.97 Å². The van der Waals surface area contributed by atoms with Crippen molar-refractivity contribution in [2.75, 3.05) is 0 Å². The fourth-order valence-electron chi connectivity index (χ4n) is 1.39. The van der Waals surface area contributed by atoms with Crippen LogP contribution >= 0.6 is 11.6 Å². The minimum absolute atomic E-state index is 0.0468. The number of rotatable bonds is 2. The van der Waals surface area contributed by atoms with E-state index in [1.54, 1.807) is 6.07 Å². The molecule has 0 atom stereocenters. The molecule has 0 amide bonds. The number of hydrogen-bond acceptors (Lipinski definition) is 2. The lowest BCUT2D eigenvalue weighted by Gasteiger charge is -2.03. The summed E-state index contributed by atoms with van der Waals surface area (Å²) in [5, 5.41) is 0.0468. The molecule has 0 unspecified atom stereocenters. The van der Waals surface area contributed by atoms with Crippen molar-refractivity contribution >= 4 is 11.6 Å². The zero-order valence-electron chi connectivity index (χ0n) is 8.42. The van der Waals surface area contributed by atoms with Gasteiger partial charge >= 0.3 is 0 Å². The lowest BCUT2D eigenvalue weighted by Crippen LogP contribution is -1.98. The van der Waals surface area contributed by atoms with Gasteiger partial charge < -0.3 is 0 Å². The first-order chi connectivity index (χ1) is 8.06. The van der Waals surface area contributed by atoms with Crippen LogP contribution in [-0.2, 0) is 6.42 Å². The molecule has 1 aromatic heterocycles. The van der Waals surface area contributed by atoms with Gasteiger partial charge in [0.25, 0.3) is 0 Å². The summed E-state index contributed by atoms with van der Waals surface area (Å²) < 4.78 is 38.6. The van der Waals surface area contributed by atoms with E-state index in [9.17, 15) is 13.2 Å². The number of hydrogen-bond donors (Lipinski definition) is 0. The van der Waals surface area contributed by atoms with E-state index in [0.29, 0.717) is 5.69 Å². The second-order valence-corrected chi connectivity index (χ2v) is 3.71. The van der Waals surface area contributed by atoms with E-state index in [1.807, 2.05) is 0 Å². The topological polar surface area (TPSA) is 25.8 Å². The molecule has 1 heterocycles. The van der Waals surface area contributed by atoms with Crippen LogP contribution in [0.5, 0.6) is 0 Å². The summed E-state index contributed by atoms with van der Waals surface area (Å²) >= 11 is 5.57. The maximum absolute atomic E-state index is 12.9. The molecule has 0 radical (unpaired) electrons. The Morgan fingerprint density at radius 1 is 1.12 bits per heavy atom. The molecule has 2 nitrogen and oxygen atoms in total. The molecule has 17 heavy (non-hydrogen) atoms. The number of aromatic nitrogens is 2. The third-order valence-electron chi connectivity index (χ3n) is 2.11. The summed E-state index contributed by atoms with van der Waals surface area (Å²) in [4.78, 5) is 7.54. The van der Waals surface area contributed by atoms with Crippen molar-refractivity contribution in [3.05, 3.63) is 58.4 Å². The Balaban J connectivity index is 2.31. The van der Waals surface area contributed by atoms with Crippen molar-refractivity contribution in [2.24, 2.45) is 0 Å². The fourth-order valence-corrected chi connectivity index (χ4v) is 1.55.